The summed E-state index contributed by atoms with van der Waals surface area (Å²) in [6, 6.07) is 7.56. The minimum absolute atomic E-state index is 0.128. The molecule has 0 aromatic heterocycles. The van der Waals surface area contributed by atoms with Crippen LogP contribution in [0, 0.1) is 5.92 Å². The highest BCUT2D eigenvalue weighted by molar-refractivity contribution is 6.44. The third kappa shape index (κ3) is 2.90. The summed E-state index contributed by atoms with van der Waals surface area (Å²) < 4.78 is 26.6. The highest BCUT2D eigenvalue weighted by Gasteiger charge is 2.49. The van der Waals surface area contributed by atoms with Gasteiger partial charge in [-0.15, -0.1) is 0 Å². The number of alkyl halides is 2. The van der Waals surface area contributed by atoms with Crippen LogP contribution in [0.4, 0.5) is 13.6 Å². The van der Waals surface area contributed by atoms with Crippen molar-refractivity contribution in [1.82, 2.24) is 9.80 Å². The van der Waals surface area contributed by atoms with Crippen molar-refractivity contribution >= 4 is 17.8 Å². The molecule has 1 saturated heterocycles. The van der Waals surface area contributed by atoms with Gasteiger partial charge in [-0.05, 0) is 24.8 Å². The second-order valence-electron chi connectivity index (χ2n) is 6.42. The van der Waals surface area contributed by atoms with Gasteiger partial charge in [-0.25, -0.2) is 18.5 Å². The van der Waals surface area contributed by atoms with E-state index in [2.05, 4.69) is 0 Å². The first kappa shape index (κ1) is 16.5. The Morgan fingerprint density at radius 3 is 2.42 bits per heavy atom. The zero-order chi connectivity index (χ0) is 17.5. The van der Waals surface area contributed by atoms with Gasteiger partial charge >= 0.3 is 17.8 Å². The SMILES string of the molecule is C[C@@H](c1ccccc1)N1C(=O)C(=O)N(C[C@@H]2CCC(F)(F)C2)C1=O. The van der Waals surface area contributed by atoms with Crippen LogP contribution in [0.1, 0.15) is 37.8 Å². The molecule has 1 aromatic carbocycles. The van der Waals surface area contributed by atoms with Gasteiger partial charge in [-0.2, -0.15) is 0 Å². The van der Waals surface area contributed by atoms with Crippen LogP contribution in [0.25, 0.3) is 0 Å². The Labute approximate surface area is 138 Å². The summed E-state index contributed by atoms with van der Waals surface area (Å²) in [6.45, 7) is 1.53. The number of rotatable bonds is 4. The molecule has 3 rings (SSSR count). The third-order valence-electron chi connectivity index (χ3n) is 4.70. The van der Waals surface area contributed by atoms with Gasteiger partial charge in [-0.3, -0.25) is 14.5 Å². The number of carbonyl (C=O) groups is 3. The summed E-state index contributed by atoms with van der Waals surface area (Å²) in [5.74, 6) is -5.05. The third-order valence-corrected chi connectivity index (χ3v) is 4.70. The molecule has 0 unspecified atom stereocenters. The Hall–Kier alpha value is -2.31. The van der Waals surface area contributed by atoms with E-state index in [1.54, 1.807) is 31.2 Å². The molecule has 2 fully saturated rings. The Morgan fingerprint density at radius 2 is 1.83 bits per heavy atom. The number of halogens is 2. The molecule has 24 heavy (non-hydrogen) atoms. The highest BCUT2D eigenvalue weighted by Crippen LogP contribution is 2.39. The number of nitrogens with zero attached hydrogens (tertiary/aromatic N) is 2. The fourth-order valence-corrected chi connectivity index (χ4v) is 3.36. The number of amides is 4. The van der Waals surface area contributed by atoms with Crippen molar-refractivity contribution in [3.05, 3.63) is 35.9 Å². The lowest BCUT2D eigenvalue weighted by molar-refractivity contribution is -0.144. The average molecular weight is 336 g/mol. The van der Waals surface area contributed by atoms with Gasteiger partial charge in [0.1, 0.15) is 0 Å². The molecule has 0 N–H and O–H groups in total. The Morgan fingerprint density at radius 1 is 1.17 bits per heavy atom. The molecule has 128 valence electrons. The van der Waals surface area contributed by atoms with Gasteiger partial charge in [0.25, 0.3) is 0 Å². The molecule has 0 bridgehead atoms. The first-order valence-corrected chi connectivity index (χ1v) is 7.92. The lowest BCUT2D eigenvalue weighted by Crippen LogP contribution is -2.37. The quantitative estimate of drug-likeness (QED) is 0.627. The average Bonchev–Trinajstić information content (AvgIpc) is 3.00. The number of benzene rings is 1. The lowest BCUT2D eigenvalue weighted by atomic mass is 10.1. The summed E-state index contributed by atoms with van der Waals surface area (Å²) in [4.78, 5) is 38.6. The van der Waals surface area contributed by atoms with Crippen LogP contribution in [0.15, 0.2) is 30.3 Å². The summed E-state index contributed by atoms with van der Waals surface area (Å²) in [5.41, 5.74) is 0.723. The van der Waals surface area contributed by atoms with Gasteiger partial charge in [0.05, 0.1) is 6.04 Å². The largest absolute Gasteiger partial charge is 0.334 e. The maximum atomic E-state index is 13.3. The van der Waals surface area contributed by atoms with E-state index < -0.39 is 35.7 Å². The molecule has 7 heteroatoms. The minimum Gasteiger partial charge on any atom is -0.263 e. The molecular weight excluding hydrogens is 318 g/mol. The van der Waals surface area contributed by atoms with Gasteiger partial charge in [0.15, 0.2) is 0 Å². The molecule has 5 nitrogen and oxygen atoms in total. The fourth-order valence-electron chi connectivity index (χ4n) is 3.36. The van der Waals surface area contributed by atoms with Crippen molar-refractivity contribution in [3.8, 4) is 0 Å². The van der Waals surface area contributed by atoms with E-state index in [4.69, 9.17) is 0 Å². The molecule has 1 saturated carbocycles. The van der Waals surface area contributed by atoms with E-state index in [1.165, 1.54) is 0 Å². The first-order valence-electron chi connectivity index (χ1n) is 7.92. The van der Waals surface area contributed by atoms with Crippen LogP contribution in [0.5, 0.6) is 0 Å². The first-order chi connectivity index (χ1) is 11.3. The van der Waals surface area contributed by atoms with E-state index in [0.29, 0.717) is 0 Å². The summed E-state index contributed by atoms with van der Waals surface area (Å²) in [7, 11) is 0. The fraction of sp³-hybridized carbons (Fsp3) is 0.471. The lowest BCUT2D eigenvalue weighted by Gasteiger charge is -2.23. The zero-order valence-corrected chi connectivity index (χ0v) is 13.2. The number of imide groups is 2. The molecule has 2 aliphatic rings. The van der Waals surface area contributed by atoms with Gasteiger partial charge in [-0.1, -0.05) is 30.3 Å². The smallest absolute Gasteiger partial charge is 0.263 e. The standard InChI is InChI=1S/C17H18F2N2O3/c1-11(13-5-3-2-4-6-13)21-15(23)14(22)20(16(21)24)10-12-7-8-17(18,19)9-12/h2-6,11-12H,7-10H2,1H3/t11-,12+/m0/s1. The normalized spacial score (nSPS) is 24.8. The predicted molar refractivity (Wildman–Crippen MR) is 81.1 cm³/mol. The van der Waals surface area contributed by atoms with Crippen molar-refractivity contribution in [2.75, 3.05) is 6.54 Å². The number of carbonyl (C=O) groups excluding carboxylic acids is 3. The summed E-state index contributed by atoms with van der Waals surface area (Å²) in [5, 5.41) is 0. The molecule has 1 aliphatic carbocycles. The second kappa shape index (κ2) is 5.96. The Balaban J connectivity index is 1.76. The van der Waals surface area contributed by atoms with Crippen molar-refractivity contribution in [2.45, 2.75) is 38.2 Å². The van der Waals surface area contributed by atoms with Crippen LogP contribution in [0.3, 0.4) is 0 Å². The highest BCUT2D eigenvalue weighted by atomic mass is 19.3. The maximum absolute atomic E-state index is 13.3. The van der Waals surface area contributed by atoms with Crippen molar-refractivity contribution in [3.63, 3.8) is 0 Å². The van der Waals surface area contributed by atoms with Crippen LogP contribution in [-0.2, 0) is 9.59 Å². The van der Waals surface area contributed by atoms with Crippen LogP contribution in [-0.4, -0.2) is 40.1 Å². The van der Waals surface area contributed by atoms with E-state index in [0.717, 1.165) is 15.4 Å². The van der Waals surface area contributed by atoms with Crippen LogP contribution >= 0.6 is 0 Å². The number of hydrogen-bond donors (Lipinski definition) is 0. The van der Waals surface area contributed by atoms with E-state index in [9.17, 15) is 23.2 Å². The molecule has 2 atom stereocenters. The zero-order valence-electron chi connectivity index (χ0n) is 13.2. The van der Waals surface area contributed by atoms with E-state index >= 15 is 0 Å². The Kier molecular flexibility index (Phi) is 4.11. The maximum Gasteiger partial charge on any atom is 0.334 e. The molecular formula is C17H18F2N2O3. The predicted octanol–water partition coefficient (Wildman–Crippen LogP) is 2.97. The summed E-state index contributed by atoms with van der Waals surface area (Å²) >= 11 is 0. The van der Waals surface area contributed by atoms with Crippen LogP contribution in [0.2, 0.25) is 0 Å². The van der Waals surface area contributed by atoms with Gasteiger partial charge in [0, 0.05) is 19.4 Å². The van der Waals surface area contributed by atoms with E-state index in [1.807, 2.05) is 6.07 Å². The molecule has 0 radical (unpaired) electrons. The van der Waals surface area contributed by atoms with Gasteiger partial charge < -0.3 is 0 Å². The summed E-state index contributed by atoms with van der Waals surface area (Å²) in [6.07, 6.45) is -0.356. The Bertz CT molecular complexity index is 678. The van der Waals surface area contributed by atoms with Crippen molar-refractivity contribution in [1.29, 1.82) is 0 Å². The van der Waals surface area contributed by atoms with Gasteiger partial charge in [0.2, 0.25) is 5.92 Å². The molecule has 4 amide bonds. The van der Waals surface area contributed by atoms with Crippen molar-refractivity contribution < 1.29 is 23.2 Å². The second-order valence-corrected chi connectivity index (χ2v) is 6.42. The number of urea groups is 1. The van der Waals surface area contributed by atoms with E-state index in [-0.39, 0.29) is 25.8 Å². The molecule has 1 aromatic rings. The molecule has 0 spiro atoms. The van der Waals surface area contributed by atoms with Crippen LogP contribution < -0.4 is 0 Å². The topological polar surface area (TPSA) is 57.7 Å². The van der Waals surface area contributed by atoms with Crippen molar-refractivity contribution in [2.24, 2.45) is 5.92 Å². The monoisotopic (exact) mass is 336 g/mol. The molecule has 1 aliphatic heterocycles. The minimum atomic E-state index is -2.75. The molecule has 1 heterocycles. The number of hydrogen-bond acceptors (Lipinski definition) is 3.